The van der Waals surface area contributed by atoms with E-state index in [1.807, 2.05) is 11.4 Å². The molecule has 0 spiro atoms. The van der Waals surface area contributed by atoms with Crippen LogP contribution in [0.3, 0.4) is 0 Å². The summed E-state index contributed by atoms with van der Waals surface area (Å²) in [6.45, 7) is 1.10. The maximum absolute atomic E-state index is 14.5. The number of fused-ring (bicyclic) bond motifs is 1. The average Bonchev–Trinajstić information content (AvgIpc) is 3.60. The summed E-state index contributed by atoms with van der Waals surface area (Å²) in [4.78, 5) is 31.3. The van der Waals surface area contributed by atoms with Crippen molar-refractivity contribution < 1.29 is 27.8 Å². The topological polar surface area (TPSA) is 59.1 Å². The third-order valence-corrected chi connectivity index (χ3v) is 7.81. The fraction of sp³-hybridized carbons (Fsp3) is 0.357. The highest BCUT2D eigenvalue weighted by Gasteiger charge is 2.35. The molecule has 0 bridgehead atoms. The second-order valence-corrected chi connectivity index (χ2v) is 10.2. The zero-order chi connectivity index (χ0) is 25.8. The van der Waals surface area contributed by atoms with Crippen LogP contribution >= 0.6 is 11.3 Å². The third-order valence-electron chi connectivity index (χ3n) is 6.81. The number of carbonyl (C=O) groups excluding carboxylic acids is 2. The van der Waals surface area contributed by atoms with E-state index < -0.39 is 23.6 Å². The van der Waals surface area contributed by atoms with Crippen molar-refractivity contribution in [2.45, 2.75) is 31.4 Å². The summed E-state index contributed by atoms with van der Waals surface area (Å²) in [6.07, 6.45) is 2.13. The number of benzene rings is 2. The predicted molar refractivity (Wildman–Crippen MR) is 136 cm³/mol. The summed E-state index contributed by atoms with van der Waals surface area (Å²) in [6, 6.07) is 13.5. The lowest BCUT2D eigenvalue weighted by Crippen LogP contribution is -2.49. The second kappa shape index (κ2) is 11.4. The summed E-state index contributed by atoms with van der Waals surface area (Å²) >= 11 is 1.62. The van der Waals surface area contributed by atoms with Crippen molar-refractivity contribution in [3.05, 3.63) is 87.6 Å². The smallest absolute Gasteiger partial charge is 0.257 e. The van der Waals surface area contributed by atoms with E-state index in [1.165, 1.54) is 29.2 Å². The molecule has 2 atom stereocenters. The largest absolute Gasteiger partial charge is 0.488 e. The molecule has 1 fully saturated rings. The predicted octanol–water partition coefficient (Wildman–Crippen LogP) is 4.85. The van der Waals surface area contributed by atoms with Crippen molar-refractivity contribution in [1.82, 2.24) is 9.80 Å². The number of ether oxygens (including phenoxy) is 2. The Kier molecular flexibility index (Phi) is 7.81. The van der Waals surface area contributed by atoms with Gasteiger partial charge in [-0.15, -0.1) is 11.3 Å². The molecular formula is C28H28F2N2O4S. The minimum Gasteiger partial charge on any atom is -0.488 e. The first-order valence-corrected chi connectivity index (χ1v) is 13.3. The Hall–Kier alpha value is -3.30. The zero-order valence-electron chi connectivity index (χ0n) is 20.3. The number of halogens is 2. The van der Waals surface area contributed by atoms with E-state index >= 15 is 0 Å². The third kappa shape index (κ3) is 5.67. The van der Waals surface area contributed by atoms with Crippen molar-refractivity contribution in [2.75, 3.05) is 32.8 Å². The molecule has 0 unspecified atom stereocenters. The number of hydrogen-bond donors (Lipinski definition) is 0. The maximum Gasteiger partial charge on any atom is 0.257 e. The Morgan fingerprint density at radius 3 is 2.62 bits per heavy atom. The van der Waals surface area contributed by atoms with Crippen LogP contribution in [0.5, 0.6) is 5.75 Å². The van der Waals surface area contributed by atoms with E-state index in [1.54, 1.807) is 40.5 Å². The van der Waals surface area contributed by atoms with Gasteiger partial charge in [0.05, 0.1) is 17.7 Å². The Balaban J connectivity index is 1.37. The Morgan fingerprint density at radius 1 is 1.08 bits per heavy atom. The average molecular weight is 527 g/mol. The van der Waals surface area contributed by atoms with Gasteiger partial charge in [-0.1, -0.05) is 24.3 Å². The second-order valence-electron chi connectivity index (χ2n) is 9.19. The SMILES string of the molecule is O=C(c1ccccc1F)N(CC(=O)N1CCc2sccc2[C@H]1COc1ccccc1F)C[C@@H]1CCCO1. The lowest BCUT2D eigenvalue weighted by atomic mass is 10.00. The molecule has 3 heterocycles. The summed E-state index contributed by atoms with van der Waals surface area (Å²) in [7, 11) is 0. The molecule has 2 aromatic carbocycles. The molecule has 1 aromatic heterocycles. The monoisotopic (exact) mass is 526 g/mol. The van der Waals surface area contributed by atoms with Gasteiger partial charge in [0.15, 0.2) is 11.6 Å². The van der Waals surface area contributed by atoms with Gasteiger partial charge in [-0.3, -0.25) is 9.59 Å². The minimum atomic E-state index is -0.630. The van der Waals surface area contributed by atoms with Crippen LogP contribution in [0.1, 0.15) is 39.7 Å². The van der Waals surface area contributed by atoms with Gasteiger partial charge in [0.2, 0.25) is 5.91 Å². The van der Waals surface area contributed by atoms with Crippen molar-refractivity contribution >= 4 is 23.2 Å². The Labute approximate surface area is 218 Å². The first-order chi connectivity index (χ1) is 18.0. The summed E-state index contributed by atoms with van der Waals surface area (Å²) in [5.41, 5.74) is 0.888. The van der Waals surface area contributed by atoms with E-state index in [0.29, 0.717) is 19.6 Å². The van der Waals surface area contributed by atoms with Gasteiger partial charge >= 0.3 is 0 Å². The highest BCUT2D eigenvalue weighted by molar-refractivity contribution is 7.10. The molecule has 0 N–H and O–H groups in total. The molecule has 0 saturated carbocycles. The van der Waals surface area contributed by atoms with Gasteiger partial charge in [-0.2, -0.15) is 0 Å². The van der Waals surface area contributed by atoms with Crippen LogP contribution < -0.4 is 4.74 Å². The Bertz CT molecular complexity index is 1260. The van der Waals surface area contributed by atoms with E-state index in [2.05, 4.69) is 0 Å². The molecule has 2 aliphatic heterocycles. The van der Waals surface area contributed by atoms with Crippen LogP contribution in [0.2, 0.25) is 0 Å². The number of carbonyl (C=O) groups is 2. The lowest BCUT2D eigenvalue weighted by Gasteiger charge is -2.37. The normalized spacial score (nSPS) is 18.9. The van der Waals surface area contributed by atoms with Crippen LogP contribution in [0.4, 0.5) is 8.78 Å². The molecular weight excluding hydrogens is 498 g/mol. The van der Waals surface area contributed by atoms with Crippen molar-refractivity contribution in [2.24, 2.45) is 0 Å². The molecule has 0 aliphatic carbocycles. The van der Waals surface area contributed by atoms with Crippen LogP contribution in [-0.4, -0.2) is 60.6 Å². The fourth-order valence-electron chi connectivity index (χ4n) is 4.92. The van der Waals surface area contributed by atoms with Crippen LogP contribution in [0.25, 0.3) is 0 Å². The summed E-state index contributed by atoms with van der Waals surface area (Å²) in [5, 5.41) is 1.97. The lowest BCUT2D eigenvalue weighted by molar-refractivity contribution is -0.135. The van der Waals surface area contributed by atoms with Crippen molar-refractivity contribution in [3.8, 4) is 5.75 Å². The van der Waals surface area contributed by atoms with Crippen molar-refractivity contribution in [1.29, 1.82) is 0 Å². The first-order valence-electron chi connectivity index (χ1n) is 12.4. The van der Waals surface area contributed by atoms with Crippen molar-refractivity contribution in [3.63, 3.8) is 0 Å². The number of nitrogens with zero attached hydrogens (tertiary/aromatic N) is 2. The van der Waals surface area contributed by atoms with Gasteiger partial charge in [0.1, 0.15) is 19.0 Å². The highest BCUT2D eigenvalue weighted by atomic mass is 32.1. The number of para-hydroxylation sites is 1. The van der Waals surface area contributed by atoms with Crippen LogP contribution in [-0.2, 0) is 16.0 Å². The molecule has 2 aliphatic rings. The highest BCUT2D eigenvalue weighted by Crippen LogP contribution is 2.34. The molecule has 1 saturated heterocycles. The Morgan fingerprint density at radius 2 is 1.86 bits per heavy atom. The van der Waals surface area contributed by atoms with Gasteiger partial charge < -0.3 is 19.3 Å². The quantitative estimate of drug-likeness (QED) is 0.421. The first kappa shape index (κ1) is 25.4. The van der Waals surface area contributed by atoms with E-state index in [4.69, 9.17) is 9.47 Å². The number of amides is 2. The van der Waals surface area contributed by atoms with Gasteiger partial charge in [-0.05, 0) is 60.5 Å². The summed E-state index contributed by atoms with van der Waals surface area (Å²) in [5.74, 6) is -1.81. The maximum atomic E-state index is 14.5. The van der Waals surface area contributed by atoms with Gasteiger partial charge in [0.25, 0.3) is 5.91 Å². The molecule has 2 amide bonds. The molecule has 6 nitrogen and oxygen atoms in total. The van der Waals surface area contributed by atoms with E-state index in [9.17, 15) is 18.4 Å². The molecule has 37 heavy (non-hydrogen) atoms. The van der Waals surface area contributed by atoms with E-state index in [-0.39, 0.29) is 43.0 Å². The number of thiophene rings is 1. The number of rotatable bonds is 8. The van der Waals surface area contributed by atoms with Crippen LogP contribution in [0.15, 0.2) is 60.0 Å². The fourth-order valence-corrected chi connectivity index (χ4v) is 5.85. The van der Waals surface area contributed by atoms with E-state index in [0.717, 1.165) is 23.3 Å². The molecule has 9 heteroatoms. The van der Waals surface area contributed by atoms with Crippen LogP contribution in [0, 0.1) is 11.6 Å². The van der Waals surface area contributed by atoms with Gasteiger partial charge in [0, 0.05) is 24.6 Å². The van der Waals surface area contributed by atoms with Gasteiger partial charge in [-0.25, -0.2) is 8.78 Å². The molecule has 0 radical (unpaired) electrons. The molecule has 3 aromatic rings. The summed E-state index contributed by atoms with van der Waals surface area (Å²) < 4.78 is 40.2. The molecule has 194 valence electrons. The number of hydrogen-bond acceptors (Lipinski definition) is 5. The standard InChI is InChI=1S/C28H28F2N2O4S/c29-22-8-2-1-7-20(22)28(34)31(16-19-6-5-14-35-19)17-27(33)32-13-11-26-21(12-15-37-26)24(32)18-36-25-10-4-3-9-23(25)30/h1-4,7-10,12,15,19,24H,5-6,11,13-14,16-18H2/t19-,24+/m0/s1. The molecule has 5 rings (SSSR count). The minimum absolute atomic E-state index is 0.0728. The zero-order valence-corrected chi connectivity index (χ0v) is 21.1.